The average Bonchev–Trinajstić information content (AvgIpc) is 1.71. The molecule has 0 aromatic heterocycles. The zero-order valence-electron chi connectivity index (χ0n) is 48.8. The summed E-state index contributed by atoms with van der Waals surface area (Å²) in [5.74, 6) is 9.74. The van der Waals surface area contributed by atoms with Crippen LogP contribution in [0.2, 0.25) is 0 Å². The van der Waals surface area contributed by atoms with Crippen LogP contribution in [0.5, 0.6) is 0 Å². The molecule has 12 rings (SSSR count). The van der Waals surface area contributed by atoms with Crippen molar-refractivity contribution >= 4 is 81.4 Å². The maximum absolute atomic E-state index is 15.2. The first-order valence-corrected chi connectivity index (χ1v) is 29.4. The summed E-state index contributed by atoms with van der Waals surface area (Å²) in [5, 5.41) is 13.5. The van der Waals surface area contributed by atoms with Crippen LogP contribution in [0.1, 0.15) is 225 Å². The Balaban J connectivity index is 0.000000177. The number of hydrogen-bond acceptors (Lipinski definition) is 7. The number of nitrogens with two attached hydrogens (primary N) is 4. The van der Waals surface area contributed by atoms with Gasteiger partial charge in [-0.1, -0.05) is 60.1 Å². The fraction of sp³-hybridized carbons (Fsp3) is 0.400. The summed E-state index contributed by atoms with van der Waals surface area (Å²) >= 11 is 0. The molecule has 0 bridgehead atoms. The Labute approximate surface area is 513 Å². The maximum Gasteiger partial charge on any atom is 0.381 e. The number of benzene rings is 3. The largest absolute Gasteiger partial charge is 0.472 e. The summed E-state index contributed by atoms with van der Waals surface area (Å²) in [4.78, 5) is 68.7. The van der Waals surface area contributed by atoms with E-state index in [1.807, 2.05) is 18.1 Å². The van der Waals surface area contributed by atoms with Crippen molar-refractivity contribution in [2.45, 2.75) is 181 Å². The average molecular weight is 1210 g/mol. The molecule has 11 N–H and O–H groups in total. The number of halogens is 4. The molecule has 0 spiro atoms. The van der Waals surface area contributed by atoms with Crippen molar-refractivity contribution in [3.05, 3.63) is 137 Å². The summed E-state index contributed by atoms with van der Waals surface area (Å²) in [7, 11) is 0. The topological polar surface area (TPSA) is 251 Å². The minimum Gasteiger partial charge on any atom is -0.472 e. The van der Waals surface area contributed by atoms with Crippen LogP contribution in [0.4, 0.5) is 13.2 Å². The number of rotatable bonds is 8. The Hall–Kier alpha value is -8.36. The molecule has 17 heteroatoms. The van der Waals surface area contributed by atoms with Gasteiger partial charge in [-0.2, -0.15) is 0 Å². The van der Waals surface area contributed by atoms with Gasteiger partial charge in [0.2, 0.25) is 17.7 Å². The summed E-state index contributed by atoms with van der Waals surface area (Å²) in [6, 6.07) is 3.68. The number of allylic oxidation sites excluding steroid dienone is 9. The Morgan fingerprint density at radius 2 is 0.920 bits per heavy atom. The molecule has 0 radical (unpaired) electrons. The number of carboxylic acid groups (broad SMARTS) is 1. The third kappa shape index (κ3) is 14.2. The molecule has 0 unspecified atom stereocenters. The lowest BCUT2D eigenvalue weighted by Crippen LogP contribution is -2.35. The second-order valence-electron chi connectivity index (χ2n) is 22.9. The van der Waals surface area contributed by atoms with Gasteiger partial charge in [-0.05, 0) is 252 Å². The smallest absolute Gasteiger partial charge is 0.381 e. The number of carbonyl (C=O) groups excluding carboxylic acids is 5. The van der Waals surface area contributed by atoms with Gasteiger partial charge >= 0.3 is 5.97 Å². The summed E-state index contributed by atoms with van der Waals surface area (Å²) in [6.45, 7) is 4.72. The fourth-order valence-electron chi connectivity index (χ4n) is 14.2. The Bertz CT molecular complexity index is 3790. The summed E-state index contributed by atoms with van der Waals surface area (Å²) in [5.41, 5.74) is 41.2. The van der Waals surface area contributed by atoms with Crippen molar-refractivity contribution in [1.29, 1.82) is 0 Å². The molecule has 9 aliphatic rings. The molecule has 0 heterocycles. The predicted octanol–water partition coefficient (Wildman–Crippen LogP) is 11.5. The first-order chi connectivity index (χ1) is 40.8. The summed E-state index contributed by atoms with van der Waals surface area (Å²) < 4.78 is 45.4. The van der Waals surface area contributed by atoms with Crippen LogP contribution < -0.4 is 33.6 Å². The molecule has 87 heavy (non-hydrogen) atoms. The number of hydrogen-bond donors (Lipinski definition) is 7. The quantitative estimate of drug-likeness (QED) is 0.107. The van der Waals surface area contributed by atoms with Gasteiger partial charge < -0.3 is 38.7 Å². The third-order valence-corrected chi connectivity index (χ3v) is 17.5. The normalized spacial score (nSPS) is 19.3. The molecule has 9 aliphatic carbocycles. The molecule has 3 aromatic carbocycles. The van der Waals surface area contributed by atoms with E-state index in [0.717, 1.165) is 166 Å². The lowest BCUT2D eigenvalue weighted by atomic mass is 9.83. The Kier molecular flexibility index (Phi) is 22.0. The monoisotopic (exact) mass is 1200 g/mol. The lowest BCUT2D eigenvalue weighted by molar-refractivity contribution is -0.130. The second-order valence-corrected chi connectivity index (χ2v) is 22.9. The number of aliphatic carboxylic acids is 1. The van der Waals surface area contributed by atoms with Crippen molar-refractivity contribution in [3.8, 4) is 35.5 Å². The van der Waals surface area contributed by atoms with Gasteiger partial charge in [0.15, 0.2) is 0 Å². The third-order valence-electron chi connectivity index (χ3n) is 17.5. The highest BCUT2D eigenvalue weighted by molar-refractivity contribution is 6.02. The number of amides is 5. The van der Waals surface area contributed by atoms with Gasteiger partial charge in [0.1, 0.15) is 17.5 Å². The maximum atomic E-state index is 15.2. The van der Waals surface area contributed by atoms with Crippen LogP contribution in [0.3, 0.4) is 0 Å². The van der Waals surface area contributed by atoms with Crippen molar-refractivity contribution in [3.63, 3.8) is 0 Å². The van der Waals surface area contributed by atoms with Gasteiger partial charge in [0.05, 0.1) is 0 Å². The SMILES string of the molecule is C.CC#CC(=O)N[C@@H]1C=C(c2c(F)cc(C(N)=O)c3c2C2=C(CCC2)C3)CCC1.CC#CC(=O)N[C@H]1CCC=C(c2c(F)cc(C(N)=O)c3c2C2=C(CCC2)C3)C1.CC#CC(=O)O.Cl.NC(=O)c1cc(F)c(C2=C[C@@H](N)CCC2)c2c1CC1=C2CCC1. The van der Waals surface area contributed by atoms with E-state index in [1.165, 1.54) is 58.6 Å². The first kappa shape index (κ1) is 66.2. The standard InChI is InChI=1S/2C23H23FN2O2.C19H21FN2O.C4H4O2.CH4.ClH/c2*1-2-5-20(27)26-15-8-3-7-14(10-15)21-19(24)12-18(23(25)28)17-11-13-6-4-9-16(13)22(17)21;20-16-9-15(19(22)23)14-8-10-3-2-6-13(10)18(14)17(16)11-4-1-5-12(21)7-11;1-2-3-4(5)6;;/h10,12,15H,3-4,6-9,11H2,1H3,(H2,25,28)(H,26,27);7,12,15H,3-4,6,8-11H2,1H3,(H2,25,28)(H,26,27);7,9,12H,1-6,8,21H2,(H2,22,23);1H3,(H,5,6);1H4;1H/t2*15-;12-;;;/m000.../s1. The minimum absolute atomic E-state index is 0. The number of primary amides is 3. The van der Waals surface area contributed by atoms with E-state index in [0.29, 0.717) is 52.6 Å². The molecule has 0 fully saturated rings. The van der Waals surface area contributed by atoms with E-state index in [1.54, 1.807) is 13.8 Å². The van der Waals surface area contributed by atoms with Crippen molar-refractivity contribution < 1.29 is 47.0 Å². The van der Waals surface area contributed by atoms with Gasteiger partial charge in [-0.25, -0.2) is 18.0 Å². The van der Waals surface area contributed by atoms with Gasteiger partial charge in [-0.3, -0.25) is 24.0 Å². The molecule has 3 aromatic rings. The fourth-order valence-corrected chi connectivity index (χ4v) is 14.2. The number of nitrogens with one attached hydrogen (secondary N) is 2. The Morgan fingerprint density at radius 1 is 0.517 bits per heavy atom. The number of fused-ring (bicyclic) bond motifs is 6. The zero-order chi connectivity index (χ0) is 60.8. The van der Waals surface area contributed by atoms with Gasteiger partial charge in [0, 0.05) is 57.4 Å². The molecule has 0 saturated carbocycles. The van der Waals surface area contributed by atoms with E-state index >= 15 is 8.78 Å². The van der Waals surface area contributed by atoms with Crippen LogP contribution in [0, 0.1) is 53.0 Å². The zero-order valence-corrected chi connectivity index (χ0v) is 49.6. The van der Waals surface area contributed by atoms with Crippen LogP contribution >= 0.6 is 12.4 Å². The van der Waals surface area contributed by atoms with Gasteiger partial charge in [-0.15, -0.1) is 12.4 Å². The highest BCUT2D eigenvalue weighted by atomic mass is 35.5. The van der Waals surface area contributed by atoms with Crippen LogP contribution in [-0.2, 0) is 33.6 Å². The van der Waals surface area contributed by atoms with E-state index in [-0.39, 0.29) is 55.6 Å². The van der Waals surface area contributed by atoms with Crippen molar-refractivity contribution in [2.24, 2.45) is 22.9 Å². The molecule has 0 saturated heterocycles. The van der Waals surface area contributed by atoms with E-state index in [9.17, 15) is 33.2 Å². The molecular weight excluding hydrogens is 1130 g/mol. The van der Waals surface area contributed by atoms with Crippen LogP contribution in [0.25, 0.3) is 33.4 Å². The predicted molar refractivity (Wildman–Crippen MR) is 337 cm³/mol. The minimum atomic E-state index is -1.07. The van der Waals surface area contributed by atoms with Crippen molar-refractivity contribution in [1.82, 2.24) is 10.6 Å². The highest BCUT2D eigenvalue weighted by Gasteiger charge is 2.38. The molecule has 5 amide bonds. The summed E-state index contributed by atoms with van der Waals surface area (Å²) in [6.07, 6.45) is 24.5. The second kappa shape index (κ2) is 28.9. The van der Waals surface area contributed by atoms with Gasteiger partial charge in [0.25, 0.3) is 11.8 Å². The molecular formula is C70H76ClF3N6O7. The Morgan fingerprint density at radius 3 is 1.31 bits per heavy atom. The molecule has 13 nitrogen and oxygen atoms in total. The van der Waals surface area contributed by atoms with E-state index in [2.05, 4.69) is 46.3 Å². The lowest BCUT2D eigenvalue weighted by Gasteiger charge is -2.26. The van der Waals surface area contributed by atoms with E-state index in [4.69, 9.17) is 28.0 Å². The van der Waals surface area contributed by atoms with Crippen LogP contribution in [0.15, 0.2) is 53.1 Å². The number of carbonyl (C=O) groups is 6. The molecule has 0 aliphatic heterocycles. The van der Waals surface area contributed by atoms with Crippen molar-refractivity contribution in [2.75, 3.05) is 0 Å². The molecule has 3 atom stereocenters. The first-order valence-electron chi connectivity index (χ1n) is 29.4. The molecule has 456 valence electrons. The number of carboxylic acids is 1. The van der Waals surface area contributed by atoms with E-state index < -0.39 is 35.3 Å². The van der Waals surface area contributed by atoms with Crippen LogP contribution in [-0.4, -0.2) is 58.7 Å². The highest BCUT2D eigenvalue weighted by Crippen LogP contribution is 2.52.